The lowest BCUT2D eigenvalue weighted by Gasteiger charge is -2.04. The van der Waals surface area contributed by atoms with Crippen LogP contribution in [0.4, 0.5) is 11.5 Å². The molecule has 0 spiro atoms. The predicted octanol–water partition coefficient (Wildman–Crippen LogP) is 2.24. The van der Waals surface area contributed by atoms with Crippen molar-refractivity contribution in [1.82, 2.24) is 10.1 Å². The summed E-state index contributed by atoms with van der Waals surface area (Å²) in [6.07, 6.45) is 2.58. The second-order valence-electron chi connectivity index (χ2n) is 3.13. The molecule has 0 bridgehead atoms. The highest BCUT2D eigenvalue weighted by Crippen LogP contribution is 2.23. The second-order valence-corrected chi connectivity index (χ2v) is 3.53. The van der Waals surface area contributed by atoms with E-state index >= 15 is 0 Å². The van der Waals surface area contributed by atoms with Gasteiger partial charge in [0.1, 0.15) is 24.0 Å². The molecular weight excluding hydrogens is 248 g/mol. The van der Waals surface area contributed by atoms with Crippen molar-refractivity contribution in [3.8, 4) is 0 Å². The number of rotatable bonds is 4. The predicted molar refractivity (Wildman–Crippen MR) is 59.7 cm³/mol. The number of nitro groups is 1. The maximum absolute atomic E-state index is 10.5. The molecule has 0 aliphatic rings. The van der Waals surface area contributed by atoms with Crippen LogP contribution in [0.1, 0.15) is 5.69 Å². The van der Waals surface area contributed by atoms with Gasteiger partial charge >= 0.3 is 0 Å². The van der Waals surface area contributed by atoms with Gasteiger partial charge in [-0.1, -0.05) is 16.8 Å². The lowest BCUT2D eigenvalue weighted by molar-refractivity contribution is -0.385. The Morgan fingerprint density at radius 1 is 1.59 bits per heavy atom. The van der Waals surface area contributed by atoms with Crippen LogP contribution in [0.2, 0.25) is 5.02 Å². The molecule has 0 radical (unpaired) electrons. The van der Waals surface area contributed by atoms with Gasteiger partial charge in [-0.25, -0.2) is 4.98 Å². The molecule has 0 amide bonds. The van der Waals surface area contributed by atoms with E-state index in [1.807, 2.05) is 0 Å². The average molecular weight is 255 g/mol. The van der Waals surface area contributed by atoms with Gasteiger partial charge in [-0.2, -0.15) is 0 Å². The molecule has 0 saturated carbocycles. The molecule has 8 heteroatoms. The highest BCUT2D eigenvalue weighted by molar-refractivity contribution is 6.33. The Morgan fingerprint density at radius 3 is 3.00 bits per heavy atom. The second kappa shape index (κ2) is 4.79. The average Bonchev–Trinajstić information content (AvgIpc) is 2.80. The first-order valence-corrected chi connectivity index (χ1v) is 4.97. The number of halogens is 1. The van der Waals surface area contributed by atoms with Crippen molar-refractivity contribution in [2.75, 3.05) is 5.32 Å². The summed E-state index contributed by atoms with van der Waals surface area (Å²) in [5.41, 5.74) is 0.531. The molecule has 2 rings (SSSR count). The normalized spacial score (nSPS) is 10.2. The van der Waals surface area contributed by atoms with Crippen LogP contribution in [-0.4, -0.2) is 15.1 Å². The number of nitrogens with one attached hydrogen (secondary N) is 1. The zero-order chi connectivity index (χ0) is 12.3. The number of aromatic nitrogens is 2. The first kappa shape index (κ1) is 11.3. The maximum Gasteiger partial charge on any atom is 0.289 e. The number of pyridine rings is 1. The summed E-state index contributed by atoms with van der Waals surface area (Å²) >= 11 is 5.84. The van der Waals surface area contributed by atoms with Gasteiger partial charge in [0.15, 0.2) is 0 Å². The van der Waals surface area contributed by atoms with E-state index in [1.54, 1.807) is 6.07 Å². The Balaban J connectivity index is 2.09. The molecule has 0 atom stereocenters. The van der Waals surface area contributed by atoms with E-state index in [1.165, 1.54) is 12.3 Å². The summed E-state index contributed by atoms with van der Waals surface area (Å²) < 4.78 is 4.65. The smallest absolute Gasteiger partial charge is 0.289 e. The largest absolute Gasteiger partial charge is 0.364 e. The quantitative estimate of drug-likeness (QED) is 0.664. The summed E-state index contributed by atoms with van der Waals surface area (Å²) in [6, 6.07) is 2.92. The lowest BCUT2D eigenvalue weighted by atomic mass is 10.4. The molecule has 0 unspecified atom stereocenters. The molecule has 2 heterocycles. The van der Waals surface area contributed by atoms with E-state index in [-0.39, 0.29) is 10.7 Å². The molecule has 0 saturated heterocycles. The fourth-order valence-electron chi connectivity index (χ4n) is 1.16. The van der Waals surface area contributed by atoms with Gasteiger partial charge in [0.2, 0.25) is 0 Å². The number of nitrogens with zero attached hydrogens (tertiary/aromatic N) is 3. The Labute approximate surface area is 101 Å². The van der Waals surface area contributed by atoms with Crippen molar-refractivity contribution in [3.05, 3.63) is 45.4 Å². The van der Waals surface area contributed by atoms with E-state index in [2.05, 4.69) is 20.0 Å². The molecule has 17 heavy (non-hydrogen) atoms. The van der Waals surface area contributed by atoms with Gasteiger partial charge in [-0.3, -0.25) is 10.1 Å². The van der Waals surface area contributed by atoms with Crippen LogP contribution in [0.15, 0.2) is 29.1 Å². The fourth-order valence-corrected chi connectivity index (χ4v) is 1.39. The van der Waals surface area contributed by atoms with Crippen LogP contribution in [0.25, 0.3) is 0 Å². The standard InChI is InChI=1S/C9H7ClN4O3/c10-8-3-7(14(15)16)5-12-9(8)11-4-6-1-2-17-13-6/h1-3,5H,4H2,(H,11,12). The van der Waals surface area contributed by atoms with Crippen LogP contribution in [0.5, 0.6) is 0 Å². The molecular formula is C9H7ClN4O3. The van der Waals surface area contributed by atoms with E-state index in [0.717, 1.165) is 6.20 Å². The van der Waals surface area contributed by atoms with E-state index in [0.29, 0.717) is 18.1 Å². The van der Waals surface area contributed by atoms with Crippen molar-refractivity contribution in [1.29, 1.82) is 0 Å². The zero-order valence-electron chi connectivity index (χ0n) is 8.46. The minimum Gasteiger partial charge on any atom is -0.364 e. The van der Waals surface area contributed by atoms with Crippen molar-refractivity contribution in [3.63, 3.8) is 0 Å². The Hall–Kier alpha value is -2.15. The van der Waals surface area contributed by atoms with E-state index in [9.17, 15) is 10.1 Å². The zero-order valence-corrected chi connectivity index (χ0v) is 9.22. The first-order chi connectivity index (χ1) is 8.16. The summed E-state index contributed by atoms with van der Waals surface area (Å²) in [5, 5.41) is 17.2. The number of hydrogen-bond acceptors (Lipinski definition) is 6. The monoisotopic (exact) mass is 254 g/mol. The molecule has 0 aliphatic carbocycles. The molecule has 0 aromatic carbocycles. The molecule has 1 N–H and O–H groups in total. The molecule has 0 aliphatic heterocycles. The molecule has 0 fully saturated rings. The van der Waals surface area contributed by atoms with Crippen LogP contribution in [0, 0.1) is 10.1 Å². The summed E-state index contributed by atoms with van der Waals surface area (Å²) in [7, 11) is 0. The van der Waals surface area contributed by atoms with Gasteiger partial charge in [0, 0.05) is 12.1 Å². The third-order valence-electron chi connectivity index (χ3n) is 1.97. The van der Waals surface area contributed by atoms with Crippen LogP contribution < -0.4 is 5.32 Å². The first-order valence-electron chi connectivity index (χ1n) is 4.60. The van der Waals surface area contributed by atoms with E-state index in [4.69, 9.17) is 11.6 Å². The fraction of sp³-hybridized carbons (Fsp3) is 0.111. The summed E-state index contributed by atoms with van der Waals surface area (Å²) in [5.74, 6) is 0.361. The van der Waals surface area contributed by atoms with Gasteiger partial charge < -0.3 is 9.84 Å². The van der Waals surface area contributed by atoms with Gasteiger partial charge in [-0.15, -0.1) is 0 Å². The molecule has 7 nitrogen and oxygen atoms in total. The Kier molecular flexibility index (Phi) is 3.20. The molecule has 88 valence electrons. The minimum absolute atomic E-state index is 0.151. The highest BCUT2D eigenvalue weighted by atomic mass is 35.5. The number of anilines is 1. The summed E-state index contributed by atoms with van der Waals surface area (Å²) in [6.45, 7) is 0.376. The van der Waals surface area contributed by atoms with Crippen LogP contribution >= 0.6 is 11.6 Å². The van der Waals surface area contributed by atoms with Crippen molar-refractivity contribution >= 4 is 23.1 Å². The van der Waals surface area contributed by atoms with Gasteiger partial charge in [0.05, 0.1) is 16.5 Å². The highest BCUT2D eigenvalue weighted by Gasteiger charge is 2.10. The minimum atomic E-state index is -0.555. The Bertz CT molecular complexity index is 529. The topological polar surface area (TPSA) is 94.1 Å². The third kappa shape index (κ3) is 2.70. The maximum atomic E-state index is 10.5. The summed E-state index contributed by atoms with van der Waals surface area (Å²) in [4.78, 5) is 13.8. The van der Waals surface area contributed by atoms with Gasteiger partial charge in [-0.05, 0) is 0 Å². The SMILES string of the molecule is O=[N+]([O-])c1cnc(NCc2ccon2)c(Cl)c1. The van der Waals surface area contributed by atoms with Crippen molar-refractivity contribution < 1.29 is 9.45 Å². The molecule has 2 aromatic rings. The third-order valence-corrected chi connectivity index (χ3v) is 2.25. The van der Waals surface area contributed by atoms with E-state index < -0.39 is 4.92 Å². The van der Waals surface area contributed by atoms with Crippen LogP contribution in [-0.2, 0) is 6.54 Å². The van der Waals surface area contributed by atoms with Crippen molar-refractivity contribution in [2.45, 2.75) is 6.54 Å². The van der Waals surface area contributed by atoms with Crippen molar-refractivity contribution in [2.24, 2.45) is 0 Å². The Morgan fingerprint density at radius 2 is 2.41 bits per heavy atom. The number of hydrogen-bond donors (Lipinski definition) is 1. The molecule has 2 aromatic heterocycles. The van der Waals surface area contributed by atoms with Gasteiger partial charge in [0.25, 0.3) is 5.69 Å². The van der Waals surface area contributed by atoms with Crippen LogP contribution in [0.3, 0.4) is 0 Å². The lowest BCUT2D eigenvalue weighted by Crippen LogP contribution is -2.02.